The summed E-state index contributed by atoms with van der Waals surface area (Å²) in [6, 6.07) is 1.78. The van der Waals surface area contributed by atoms with Crippen molar-refractivity contribution in [1.82, 2.24) is 0 Å². The van der Waals surface area contributed by atoms with Crippen molar-refractivity contribution < 1.29 is 28.6 Å². The van der Waals surface area contributed by atoms with Crippen LogP contribution in [0.5, 0.6) is 0 Å². The Labute approximate surface area is 158 Å². The van der Waals surface area contributed by atoms with Crippen LogP contribution in [0, 0.1) is 6.92 Å². The first-order valence-electron chi connectivity index (χ1n) is 7.68. The predicted molar refractivity (Wildman–Crippen MR) is 99.0 cm³/mol. The molecule has 2 aromatic rings. The van der Waals surface area contributed by atoms with Gasteiger partial charge in [-0.15, -0.1) is 22.7 Å². The number of anilines is 1. The molecule has 26 heavy (non-hydrogen) atoms. The van der Waals surface area contributed by atoms with Gasteiger partial charge in [0, 0.05) is 10.4 Å². The van der Waals surface area contributed by atoms with Crippen molar-refractivity contribution >= 4 is 45.6 Å². The van der Waals surface area contributed by atoms with E-state index in [0.717, 1.165) is 28.2 Å². The van der Waals surface area contributed by atoms with E-state index in [-0.39, 0.29) is 27.6 Å². The fraction of sp³-hybridized carbons (Fsp3) is 0.353. The number of carbonyl (C=O) groups excluding carboxylic acids is 3. The highest BCUT2D eigenvalue weighted by Gasteiger charge is 2.28. The van der Waals surface area contributed by atoms with Gasteiger partial charge in [0.1, 0.15) is 26.9 Å². The number of esters is 3. The molecule has 0 aliphatic carbocycles. The van der Waals surface area contributed by atoms with Gasteiger partial charge in [0.25, 0.3) is 0 Å². The highest BCUT2D eigenvalue weighted by atomic mass is 32.1. The van der Waals surface area contributed by atoms with E-state index >= 15 is 0 Å². The maximum absolute atomic E-state index is 12.3. The van der Waals surface area contributed by atoms with Gasteiger partial charge in [-0.2, -0.15) is 0 Å². The summed E-state index contributed by atoms with van der Waals surface area (Å²) in [6.45, 7) is 3.65. The molecular formula is C17H19NO6S2. The molecule has 0 amide bonds. The fourth-order valence-corrected chi connectivity index (χ4v) is 4.37. The first kappa shape index (κ1) is 19.9. The largest absolute Gasteiger partial charge is 0.465 e. The Bertz CT molecular complexity index is 852. The SMILES string of the molecule is CCc1cc(C(=O)OCc2c(C(=O)OC)sc(N)c2C(=O)OC)sc1C. The van der Waals surface area contributed by atoms with Crippen molar-refractivity contribution in [2.45, 2.75) is 26.9 Å². The zero-order chi connectivity index (χ0) is 19.4. The Balaban J connectivity index is 2.30. The molecule has 0 saturated carbocycles. The minimum Gasteiger partial charge on any atom is -0.465 e. The molecule has 0 aromatic carbocycles. The second kappa shape index (κ2) is 8.33. The van der Waals surface area contributed by atoms with Crippen LogP contribution in [0.15, 0.2) is 6.07 Å². The summed E-state index contributed by atoms with van der Waals surface area (Å²) >= 11 is 2.23. The number of rotatable bonds is 6. The second-order valence-corrected chi connectivity index (χ2v) is 7.56. The molecule has 0 spiro atoms. The first-order chi connectivity index (χ1) is 12.3. The zero-order valence-electron chi connectivity index (χ0n) is 14.8. The summed E-state index contributed by atoms with van der Waals surface area (Å²) in [5, 5.41) is 0.100. The highest BCUT2D eigenvalue weighted by Crippen LogP contribution is 2.33. The lowest BCUT2D eigenvalue weighted by Gasteiger charge is -2.07. The Morgan fingerprint density at radius 1 is 1.08 bits per heavy atom. The van der Waals surface area contributed by atoms with Crippen LogP contribution in [-0.4, -0.2) is 32.1 Å². The lowest BCUT2D eigenvalue weighted by atomic mass is 10.1. The monoisotopic (exact) mass is 397 g/mol. The summed E-state index contributed by atoms with van der Waals surface area (Å²) in [7, 11) is 2.42. The van der Waals surface area contributed by atoms with E-state index in [0.29, 0.717) is 4.88 Å². The molecule has 0 radical (unpaired) electrons. The molecular weight excluding hydrogens is 378 g/mol. The standard InChI is InChI=1S/C17H19NO6S2/c1-5-9-6-11(25-8(9)2)15(19)24-7-10-12(16(20)22-3)14(18)26-13(10)17(21)23-4/h6H,5,7,18H2,1-4H3. The van der Waals surface area contributed by atoms with Gasteiger partial charge in [0.2, 0.25) is 0 Å². The average molecular weight is 397 g/mol. The van der Waals surface area contributed by atoms with Crippen LogP contribution in [-0.2, 0) is 27.2 Å². The summed E-state index contributed by atoms with van der Waals surface area (Å²) < 4.78 is 14.7. The van der Waals surface area contributed by atoms with E-state index < -0.39 is 17.9 Å². The summed E-state index contributed by atoms with van der Waals surface area (Å²) in [6.07, 6.45) is 0.815. The van der Waals surface area contributed by atoms with Crippen molar-refractivity contribution in [1.29, 1.82) is 0 Å². The molecule has 0 saturated heterocycles. The minimum atomic E-state index is -0.708. The normalized spacial score (nSPS) is 10.5. The quantitative estimate of drug-likeness (QED) is 0.589. The topological polar surface area (TPSA) is 105 Å². The van der Waals surface area contributed by atoms with E-state index in [4.69, 9.17) is 19.9 Å². The molecule has 2 heterocycles. The fourth-order valence-electron chi connectivity index (χ4n) is 2.39. The number of carbonyl (C=O) groups is 3. The highest BCUT2D eigenvalue weighted by molar-refractivity contribution is 7.18. The van der Waals surface area contributed by atoms with Crippen LogP contribution in [0.1, 0.15) is 52.6 Å². The Hall–Kier alpha value is -2.39. The Morgan fingerprint density at radius 3 is 2.27 bits per heavy atom. The number of hydrogen-bond acceptors (Lipinski definition) is 9. The van der Waals surface area contributed by atoms with Gasteiger partial charge < -0.3 is 19.9 Å². The Morgan fingerprint density at radius 2 is 1.73 bits per heavy atom. The maximum atomic E-state index is 12.3. The molecule has 0 unspecified atom stereocenters. The first-order valence-corrected chi connectivity index (χ1v) is 9.31. The van der Waals surface area contributed by atoms with Crippen molar-refractivity contribution in [3.63, 3.8) is 0 Å². The summed E-state index contributed by atoms with van der Waals surface area (Å²) in [5.74, 6) is -1.91. The molecule has 2 aromatic heterocycles. The third-order valence-electron chi connectivity index (χ3n) is 3.74. The third-order valence-corrected chi connectivity index (χ3v) is 5.86. The number of methoxy groups -OCH3 is 2. The van der Waals surface area contributed by atoms with Crippen molar-refractivity contribution in [3.8, 4) is 0 Å². The van der Waals surface area contributed by atoms with Gasteiger partial charge in [0.05, 0.1) is 14.2 Å². The summed E-state index contributed by atoms with van der Waals surface area (Å²) in [5.41, 5.74) is 7.12. The molecule has 0 atom stereocenters. The van der Waals surface area contributed by atoms with Crippen LogP contribution >= 0.6 is 22.7 Å². The number of nitrogen functional groups attached to an aromatic ring is 1. The zero-order valence-corrected chi connectivity index (χ0v) is 16.5. The number of hydrogen-bond donors (Lipinski definition) is 1. The average Bonchev–Trinajstić information content (AvgIpc) is 3.17. The summed E-state index contributed by atoms with van der Waals surface area (Å²) in [4.78, 5) is 37.9. The van der Waals surface area contributed by atoms with E-state index in [1.54, 1.807) is 6.07 Å². The van der Waals surface area contributed by atoms with Crippen LogP contribution < -0.4 is 5.73 Å². The number of thiophene rings is 2. The van der Waals surface area contributed by atoms with Crippen LogP contribution in [0.4, 0.5) is 5.00 Å². The minimum absolute atomic E-state index is 0.0160. The van der Waals surface area contributed by atoms with Gasteiger partial charge in [-0.25, -0.2) is 14.4 Å². The van der Waals surface area contributed by atoms with E-state index in [1.807, 2.05) is 13.8 Å². The number of nitrogens with two attached hydrogens (primary N) is 1. The number of ether oxygens (including phenoxy) is 3. The molecule has 7 nitrogen and oxygen atoms in total. The van der Waals surface area contributed by atoms with Gasteiger partial charge >= 0.3 is 17.9 Å². The lowest BCUT2D eigenvalue weighted by Crippen LogP contribution is -2.12. The van der Waals surface area contributed by atoms with E-state index in [1.165, 1.54) is 25.6 Å². The van der Waals surface area contributed by atoms with Gasteiger partial charge in [-0.05, 0) is 25.0 Å². The van der Waals surface area contributed by atoms with Gasteiger partial charge in [0.15, 0.2) is 0 Å². The molecule has 9 heteroatoms. The van der Waals surface area contributed by atoms with Crippen LogP contribution in [0.3, 0.4) is 0 Å². The van der Waals surface area contributed by atoms with E-state index in [9.17, 15) is 14.4 Å². The molecule has 2 rings (SSSR count). The molecule has 2 N–H and O–H groups in total. The predicted octanol–water partition coefficient (Wildman–Crippen LogP) is 3.19. The number of aryl methyl sites for hydroxylation is 2. The molecule has 140 valence electrons. The van der Waals surface area contributed by atoms with Crippen LogP contribution in [0.2, 0.25) is 0 Å². The van der Waals surface area contributed by atoms with Gasteiger partial charge in [-0.1, -0.05) is 6.92 Å². The molecule has 0 aliphatic heterocycles. The third kappa shape index (κ3) is 3.88. The van der Waals surface area contributed by atoms with Gasteiger partial charge in [-0.3, -0.25) is 0 Å². The van der Waals surface area contributed by atoms with Crippen molar-refractivity contribution in [2.24, 2.45) is 0 Å². The molecule has 0 bridgehead atoms. The smallest absolute Gasteiger partial charge is 0.348 e. The Kier molecular flexibility index (Phi) is 6.38. The van der Waals surface area contributed by atoms with E-state index in [2.05, 4.69) is 0 Å². The van der Waals surface area contributed by atoms with Crippen molar-refractivity contribution in [2.75, 3.05) is 20.0 Å². The molecule has 0 fully saturated rings. The second-order valence-electron chi connectivity index (χ2n) is 5.25. The maximum Gasteiger partial charge on any atom is 0.348 e. The molecule has 0 aliphatic rings. The van der Waals surface area contributed by atoms with Crippen LogP contribution in [0.25, 0.3) is 0 Å². The lowest BCUT2D eigenvalue weighted by molar-refractivity contribution is 0.0457. The van der Waals surface area contributed by atoms with Crippen molar-refractivity contribution in [3.05, 3.63) is 37.4 Å².